The molecule has 0 spiro atoms. The predicted molar refractivity (Wildman–Crippen MR) is 103 cm³/mol. The van der Waals surface area contributed by atoms with E-state index < -0.39 is 0 Å². The molecule has 2 heteroatoms. The molecule has 2 nitrogen and oxygen atoms in total. The molecule has 2 aromatic carbocycles. The van der Waals surface area contributed by atoms with Crippen LogP contribution >= 0.6 is 0 Å². The highest BCUT2D eigenvalue weighted by Gasteiger charge is 2.12. The molecule has 0 aromatic heterocycles. The zero-order valence-electron chi connectivity index (χ0n) is 15.3. The molecule has 2 rings (SSSR count). The number of anilines is 2. The second kappa shape index (κ2) is 7.54. The molecule has 23 heavy (non-hydrogen) atoms. The largest absolute Gasteiger partial charge is 0.382 e. The highest BCUT2D eigenvalue weighted by Crippen LogP contribution is 2.23. The number of nitrogens with one attached hydrogen (secondary N) is 2. The molecule has 0 heterocycles. The fourth-order valence-corrected chi connectivity index (χ4v) is 3.23. The van der Waals surface area contributed by atoms with Crippen LogP contribution in [0.2, 0.25) is 0 Å². The summed E-state index contributed by atoms with van der Waals surface area (Å²) in [6, 6.07) is 13.7. The number of hydrogen-bond donors (Lipinski definition) is 2. The minimum absolute atomic E-state index is 0.418. The molecule has 0 aliphatic rings. The van der Waals surface area contributed by atoms with Crippen LogP contribution in [0.5, 0.6) is 0 Å². The summed E-state index contributed by atoms with van der Waals surface area (Å²) in [4.78, 5) is 0. The van der Waals surface area contributed by atoms with Crippen molar-refractivity contribution in [3.8, 4) is 0 Å². The summed E-state index contributed by atoms with van der Waals surface area (Å²) in [5.41, 5.74) is 7.80. The van der Waals surface area contributed by atoms with Gasteiger partial charge in [-0.15, -0.1) is 0 Å². The van der Waals surface area contributed by atoms with Crippen molar-refractivity contribution < 1.29 is 0 Å². The molecule has 2 N–H and O–H groups in total. The van der Waals surface area contributed by atoms with E-state index in [-0.39, 0.29) is 0 Å². The summed E-state index contributed by atoms with van der Waals surface area (Å²) in [6.07, 6.45) is 1.07. The quantitative estimate of drug-likeness (QED) is 0.724. The number of rotatable bonds is 6. The summed E-state index contributed by atoms with van der Waals surface area (Å²) >= 11 is 0. The van der Waals surface area contributed by atoms with Gasteiger partial charge in [0.2, 0.25) is 0 Å². The number of hydrogen-bond acceptors (Lipinski definition) is 2. The molecule has 0 fully saturated rings. The molecule has 2 aromatic rings. The van der Waals surface area contributed by atoms with Gasteiger partial charge in [0.1, 0.15) is 0 Å². The van der Waals surface area contributed by atoms with Crippen LogP contribution in [0.15, 0.2) is 36.4 Å². The smallest absolute Gasteiger partial charge is 0.0401 e. The van der Waals surface area contributed by atoms with Gasteiger partial charge in [0, 0.05) is 23.5 Å². The Morgan fingerprint density at radius 2 is 0.957 bits per heavy atom. The van der Waals surface area contributed by atoms with Crippen LogP contribution in [0.4, 0.5) is 11.4 Å². The van der Waals surface area contributed by atoms with Gasteiger partial charge in [-0.05, 0) is 70.2 Å². The zero-order valence-corrected chi connectivity index (χ0v) is 15.3. The van der Waals surface area contributed by atoms with E-state index in [1.165, 1.54) is 33.6 Å². The van der Waals surface area contributed by atoms with Crippen molar-refractivity contribution in [2.24, 2.45) is 0 Å². The number of para-hydroxylation sites is 2. The van der Waals surface area contributed by atoms with Crippen LogP contribution < -0.4 is 10.6 Å². The van der Waals surface area contributed by atoms with Crippen LogP contribution in [-0.4, -0.2) is 12.1 Å². The van der Waals surface area contributed by atoms with Crippen LogP contribution in [0.25, 0.3) is 0 Å². The minimum Gasteiger partial charge on any atom is -0.382 e. The third-order valence-electron chi connectivity index (χ3n) is 4.45. The zero-order chi connectivity index (χ0) is 17.0. The van der Waals surface area contributed by atoms with Crippen LogP contribution in [0.1, 0.15) is 42.5 Å². The van der Waals surface area contributed by atoms with Gasteiger partial charge in [0.05, 0.1) is 0 Å². The minimum atomic E-state index is 0.418. The Labute approximate surface area is 141 Å². The Bertz CT molecular complexity index is 563. The highest BCUT2D eigenvalue weighted by atomic mass is 15.0. The van der Waals surface area contributed by atoms with Crippen molar-refractivity contribution in [3.05, 3.63) is 58.7 Å². The lowest BCUT2D eigenvalue weighted by Crippen LogP contribution is -2.27. The Kier molecular flexibility index (Phi) is 5.70. The lowest BCUT2D eigenvalue weighted by molar-refractivity contribution is 0.632. The van der Waals surface area contributed by atoms with Crippen molar-refractivity contribution in [1.29, 1.82) is 0 Å². The van der Waals surface area contributed by atoms with Gasteiger partial charge in [0.15, 0.2) is 0 Å². The van der Waals surface area contributed by atoms with Crippen molar-refractivity contribution >= 4 is 11.4 Å². The molecule has 0 bridgehead atoms. The number of aryl methyl sites for hydroxylation is 4. The van der Waals surface area contributed by atoms with Crippen LogP contribution in [-0.2, 0) is 0 Å². The lowest BCUT2D eigenvalue weighted by atomic mass is 10.0. The van der Waals surface area contributed by atoms with Gasteiger partial charge in [0.25, 0.3) is 0 Å². The van der Waals surface area contributed by atoms with E-state index in [9.17, 15) is 0 Å². The number of benzene rings is 2. The Hall–Kier alpha value is -1.96. The van der Waals surface area contributed by atoms with E-state index in [2.05, 4.69) is 88.6 Å². The van der Waals surface area contributed by atoms with E-state index in [1.807, 2.05) is 0 Å². The van der Waals surface area contributed by atoms with E-state index in [1.54, 1.807) is 0 Å². The van der Waals surface area contributed by atoms with Gasteiger partial charge in [-0.1, -0.05) is 36.4 Å². The molecule has 2 unspecified atom stereocenters. The van der Waals surface area contributed by atoms with E-state index in [0.29, 0.717) is 12.1 Å². The fourth-order valence-electron chi connectivity index (χ4n) is 3.23. The first-order valence-corrected chi connectivity index (χ1v) is 8.54. The Morgan fingerprint density at radius 3 is 1.26 bits per heavy atom. The molecule has 0 radical (unpaired) electrons. The summed E-state index contributed by atoms with van der Waals surface area (Å²) in [6.45, 7) is 13.2. The molecule has 0 amide bonds. The maximum atomic E-state index is 3.68. The molecule has 0 aliphatic carbocycles. The topological polar surface area (TPSA) is 24.1 Å². The second-order valence-electron chi connectivity index (χ2n) is 6.86. The average molecular weight is 310 g/mol. The first kappa shape index (κ1) is 17.4. The summed E-state index contributed by atoms with van der Waals surface area (Å²) in [5.74, 6) is 0. The monoisotopic (exact) mass is 310 g/mol. The Morgan fingerprint density at radius 1 is 0.652 bits per heavy atom. The molecular formula is C21H30N2. The fraction of sp³-hybridized carbons (Fsp3) is 0.429. The van der Waals surface area contributed by atoms with Gasteiger partial charge >= 0.3 is 0 Å². The molecule has 124 valence electrons. The standard InChI is InChI=1S/C21H30N2/c1-14-9-7-10-15(2)20(14)22-18(5)13-19(6)23-21-16(3)11-8-12-17(21)4/h7-12,18-19,22-23H,13H2,1-6H3. The molecule has 2 atom stereocenters. The Balaban J connectivity index is 1.99. The third-order valence-corrected chi connectivity index (χ3v) is 4.45. The summed E-state index contributed by atoms with van der Waals surface area (Å²) < 4.78 is 0. The summed E-state index contributed by atoms with van der Waals surface area (Å²) in [7, 11) is 0. The van der Waals surface area contributed by atoms with Crippen molar-refractivity contribution in [3.63, 3.8) is 0 Å². The molecule has 0 aliphatic heterocycles. The predicted octanol–water partition coefficient (Wildman–Crippen LogP) is 5.61. The maximum absolute atomic E-state index is 3.68. The molecule has 0 saturated carbocycles. The van der Waals surface area contributed by atoms with Crippen molar-refractivity contribution in [2.45, 2.75) is 60.0 Å². The van der Waals surface area contributed by atoms with Gasteiger partial charge < -0.3 is 10.6 Å². The second-order valence-corrected chi connectivity index (χ2v) is 6.86. The van der Waals surface area contributed by atoms with E-state index in [0.717, 1.165) is 6.42 Å². The average Bonchev–Trinajstić information content (AvgIpc) is 2.47. The summed E-state index contributed by atoms with van der Waals surface area (Å²) in [5, 5.41) is 7.37. The van der Waals surface area contributed by atoms with Gasteiger partial charge in [-0.3, -0.25) is 0 Å². The molecule has 0 saturated heterocycles. The lowest BCUT2D eigenvalue weighted by Gasteiger charge is -2.24. The highest BCUT2D eigenvalue weighted by molar-refractivity contribution is 5.58. The van der Waals surface area contributed by atoms with Gasteiger partial charge in [-0.25, -0.2) is 0 Å². The third kappa shape index (κ3) is 4.51. The van der Waals surface area contributed by atoms with Crippen molar-refractivity contribution in [2.75, 3.05) is 10.6 Å². The maximum Gasteiger partial charge on any atom is 0.0401 e. The van der Waals surface area contributed by atoms with Crippen molar-refractivity contribution in [1.82, 2.24) is 0 Å². The van der Waals surface area contributed by atoms with Crippen LogP contribution in [0.3, 0.4) is 0 Å². The first-order chi connectivity index (χ1) is 10.9. The van der Waals surface area contributed by atoms with E-state index in [4.69, 9.17) is 0 Å². The van der Waals surface area contributed by atoms with E-state index >= 15 is 0 Å². The SMILES string of the molecule is Cc1cccc(C)c1NC(C)CC(C)Nc1c(C)cccc1C. The normalized spacial score (nSPS) is 13.5. The van der Waals surface area contributed by atoms with Crippen LogP contribution in [0, 0.1) is 27.7 Å². The first-order valence-electron chi connectivity index (χ1n) is 8.54. The molecular weight excluding hydrogens is 280 g/mol. The van der Waals surface area contributed by atoms with Gasteiger partial charge in [-0.2, -0.15) is 0 Å².